The maximum atomic E-state index is 13.5. The van der Waals surface area contributed by atoms with Gasteiger partial charge in [0.25, 0.3) is 5.91 Å². The number of nitrogens with one attached hydrogen (secondary N) is 1. The van der Waals surface area contributed by atoms with E-state index >= 15 is 0 Å². The number of ether oxygens (including phenoxy) is 3. The Kier molecular flexibility index (Phi) is 4.78. The number of anilines is 1. The van der Waals surface area contributed by atoms with Crippen molar-refractivity contribution < 1.29 is 32.6 Å². The Morgan fingerprint density at radius 2 is 1.72 bits per heavy atom. The molecule has 0 unspecified atom stereocenters. The Morgan fingerprint density at radius 1 is 1.04 bits per heavy atom. The average Bonchev–Trinajstić information content (AvgIpc) is 2.60. The van der Waals surface area contributed by atoms with Gasteiger partial charge in [-0.15, -0.1) is 0 Å². The molecule has 1 aliphatic heterocycles. The molecule has 1 N–H and O–H groups in total. The van der Waals surface area contributed by atoms with E-state index < -0.39 is 35.7 Å². The molecule has 0 aromatic heterocycles. The maximum Gasteiger partial charge on any atom is 0.344 e. The third-order valence-corrected chi connectivity index (χ3v) is 3.33. The number of amides is 1. The number of carbonyl (C=O) groups is 2. The zero-order valence-corrected chi connectivity index (χ0v) is 12.9. The van der Waals surface area contributed by atoms with Crippen LogP contribution in [0.5, 0.6) is 11.5 Å². The normalized spacial score (nSPS) is 12.4. The molecule has 0 atom stereocenters. The van der Waals surface area contributed by atoms with Crippen LogP contribution in [0.3, 0.4) is 0 Å². The highest BCUT2D eigenvalue weighted by Gasteiger charge is 2.20. The zero-order valence-electron chi connectivity index (χ0n) is 12.9. The van der Waals surface area contributed by atoms with Crippen LogP contribution in [-0.2, 0) is 9.53 Å². The van der Waals surface area contributed by atoms with E-state index in [0.717, 1.165) is 18.2 Å². The van der Waals surface area contributed by atoms with Gasteiger partial charge in [-0.05, 0) is 24.3 Å². The minimum Gasteiger partial charge on any atom is -0.486 e. The fourth-order valence-corrected chi connectivity index (χ4v) is 2.21. The van der Waals surface area contributed by atoms with Crippen LogP contribution in [0.4, 0.5) is 14.5 Å². The SMILES string of the molecule is O=C(COC(=O)c1c(F)cccc1F)Nc1ccc2c(c1)OCCO2. The van der Waals surface area contributed by atoms with Crippen molar-refractivity contribution in [3.8, 4) is 11.5 Å². The minimum absolute atomic E-state index is 0.399. The van der Waals surface area contributed by atoms with Crippen LogP contribution >= 0.6 is 0 Å². The van der Waals surface area contributed by atoms with Crippen molar-refractivity contribution in [3.05, 3.63) is 53.6 Å². The molecule has 1 aliphatic rings. The van der Waals surface area contributed by atoms with Gasteiger partial charge >= 0.3 is 5.97 Å². The number of hydrogen-bond acceptors (Lipinski definition) is 5. The fourth-order valence-electron chi connectivity index (χ4n) is 2.21. The van der Waals surface area contributed by atoms with Crippen LogP contribution in [0.15, 0.2) is 36.4 Å². The van der Waals surface area contributed by atoms with Gasteiger partial charge in [0.2, 0.25) is 0 Å². The molecule has 8 heteroatoms. The molecule has 25 heavy (non-hydrogen) atoms. The molecule has 1 heterocycles. The molecule has 3 rings (SSSR count). The quantitative estimate of drug-likeness (QED) is 0.859. The van der Waals surface area contributed by atoms with Crippen LogP contribution in [0, 0.1) is 11.6 Å². The van der Waals surface area contributed by atoms with Gasteiger partial charge in [-0.1, -0.05) is 6.07 Å². The minimum atomic E-state index is -1.26. The molecule has 0 radical (unpaired) electrons. The van der Waals surface area contributed by atoms with Crippen molar-refractivity contribution >= 4 is 17.6 Å². The fraction of sp³-hybridized carbons (Fsp3) is 0.176. The third-order valence-electron chi connectivity index (χ3n) is 3.33. The molecule has 2 aromatic rings. The predicted molar refractivity (Wildman–Crippen MR) is 82.7 cm³/mol. The standard InChI is InChI=1S/C17H13F2NO5/c18-11-2-1-3-12(19)16(11)17(22)25-9-15(21)20-10-4-5-13-14(8-10)24-7-6-23-13/h1-5,8H,6-7,9H2,(H,20,21). The summed E-state index contributed by atoms with van der Waals surface area (Å²) in [6, 6.07) is 7.75. The molecule has 0 spiro atoms. The lowest BCUT2D eigenvalue weighted by Gasteiger charge is -2.19. The van der Waals surface area contributed by atoms with Crippen molar-refractivity contribution in [3.63, 3.8) is 0 Å². The van der Waals surface area contributed by atoms with Gasteiger partial charge in [-0.2, -0.15) is 0 Å². The van der Waals surface area contributed by atoms with Crippen LogP contribution in [0.25, 0.3) is 0 Å². The Labute approximate surface area is 141 Å². The van der Waals surface area contributed by atoms with Gasteiger partial charge in [-0.3, -0.25) is 4.79 Å². The van der Waals surface area contributed by atoms with Gasteiger partial charge in [0.1, 0.15) is 30.4 Å². The molecule has 0 saturated heterocycles. The molecule has 0 fully saturated rings. The topological polar surface area (TPSA) is 73.9 Å². The summed E-state index contributed by atoms with van der Waals surface area (Å²) in [6.07, 6.45) is 0. The average molecular weight is 349 g/mol. The van der Waals surface area contributed by atoms with E-state index in [4.69, 9.17) is 9.47 Å². The summed E-state index contributed by atoms with van der Waals surface area (Å²) in [5.41, 5.74) is -0.433. The summed E-state index contributed by atoms with van der Waals surface area (Å²) in [5.74, 6) is -3.00. The highest BCUT2D eigenvalue weighted by atomic mass is 19.1. The van der Waals surface area contributed by atoms with E-state index in [9.17, 15) is 18.4 Å². The smallest absolute Gasteiger partial charge is 0.344 e. The molecule has 0 aliphatic carbocycles. The van der Waals surface area contributed by atoms with Gasteiger partial charge in [0.15, 0.2) is 18.1 Å². The van der Waals surface area contributed by atoms with Crippen LogP contribution in [0.2, 0.25) is 0 Å². The number of rotatable bonds is 4. The first-order valence-electron chi connectivity index (χ1n) is 7.35. The Hall–Kier alpha value is -3.16. The van der Waals surface area contributed by atoms with Gasteiger partial charge in [-0.25, -0.2) is 13.6 Å². The number of hydrogen-bond donors (Lipinski definition) is 1. The van der Waals surface area contributed by atoms with E-state index in [0.29, 0.717) is 30.4 Å². The van der Waals surface area contributed by atoms with E-state index in [2.05, 4.69) is 10.1 Å². The van der Waals surface area contributed by atoms with Crippen LogP contribution in [0.1, 0.15) is 10.4 Å². The molecule has 0 saturated carbocycles. The lowest BCUT2D eigenvalue weighted by molar-refractivity contribution is -0.119. The molecule has 130 valence electrons. The third kappa shape index (κ3) is 3.85. The first-order chi connectivity index (χ1) is 12.0. The predicted octanol–water partition coefficient (Wildman–Crippen LogP) is 2.53. The molecule has 0 bridgehead atoms. The number of fused-ring (bicyclic) bond motifs is 1. The van der Waals surface area contributed by atoms with Crippen molar-refractivity contribution in [1.29, 1.82) is 0 Å². The zero-order chi connectivity index (χ0) is 17.8. The lowest BCUT2D eigenvalue weighted by atomic mass is 10.2. The molecular weight excluding hydrogens is 336 g/mol. The van der Waals surface area contributed by atoms with Crippen molar-refractivity contribution in [2.75, 3.05) is 25.1 Å². The summed E-state index contributed by atoms with van der Waals surface area (Å²) in [5, 5.41) is 2.49. The second-order valence-electron chi connectivity index (χ2n) is 5.08. The molecule has 2 aromatic carbocycles. The number of halogens is 2. The van der Waals surface area contributed by atoms with Gasteiger partial charge < -0.3 is 19.5 Å². The summed E-state index contributed by atoms with van der Waals surface area (Å²) in [6.45, 7) is 0.151. The number of benzene rings is 2. The van der Waals surface area contributed by atoms with Crippen molar-refractivity contribution in [2.45, 2.75) is 0 Å². The van der Waals surface area contributed by atoms with E-state index in [1.54, 1.807) is 18.2 Å². The number of carbonyl (C=O) groups excluding carboxylic acids is 2. The maximum absolute atomic E-state index is 13.5. The Bertz CT molecular complexity index is 804. The molecule has 1 amide bonds. The highest BCUT2D eigenvalue weighted by Crippen LogP contribution is 2.32. The van der Waals surface area contributed by atoms with E-state index in [1.165, 1.54) is 0 Å². The highest BCUT2D eigenvalue weighted by molar-refractivity contribution is 5.95. The monoisotopic (exact) mass is 349 g/mol. The van der Waals surface area contributed by atoms with Crippen LogP contribution < -0.4 is 14.8 Å². The summed E-state index contributed by atoms with van der Waals surface area (Å²) < 4.78 is 42.3. The Balaban J connectivity index is 1.59. The molecular formula is C17H13F2NO5. The lowest BCUT2D eigenvalue weighted by Crippen LogP contribution is -2.22. The second-order valence-corrected chi connectivity index (χ2v) is 5.08. The second kappa shape index (κ2) is 7.16. The van der Waals surface area contributed by atoms with E-state index in [-0.39, 0.29) is 0 Å². The number of esters is 1. The van der Waals surface area contributed by atoms with Crippen molar-refractivity contribution in [2.24, 2.45) is 0 Å². The molecule has 6 nitrogen and oxygen atoms in total. The summed E-state index contributed by atoms with van der Waals surface area (Å²) >= 11 is 0. The largest absolute Gasteiger partial charge is 0.486 e. The Morgan fingerprint density at radius 3 is 2.44 bits per heavy atom. The van der Waals surface area contributed by atoms with Crippen LogP contribution in [-0.4, -0.2) is 31.7 Å². The van der Waals surface area contributed by atoms with Crippen molar-refractivity contribution in [1.82, 2.24) is 0 Å². The van der Waals surface area contributed by atoms with Gasteiger partial charge in [0, 0.05) is 11.8 Å². The first kappa shape index (κ1) is 16.7. The van der Waals surface area contributed by atoms with E-state index in [1.807, 2.05) is 0 Å². The van der Waals surface area contributed by atoms with Gasteiger partial charge in [0.05, 0.1) is 0 Å². The summed E-state index contributed by atoms with van der Waals surface area (Å²) in [4.78, 5) is 23.6. The summed E-state index contributed by atoms with van der Waals surface area (Å²) in [7, 11) is 0. The first-order valence-corrected chi connectivity index (χ1v) is 7.35.